The molecule has 1 unspecified atom stereocenters. The Kier molecular flexibility index (Phi) is 5.05. The molecule has 4 N–H and O–H groups in total. The number of aliphatic hydroxyl groups excluding tert-OH is 1. The number of amides is 3. The zero-order valence-corrected chi connectivity index (χ0v) is 9.52. The Morgan fingerprint density at radius 1 is 1.41 bits per heavy atom. The average molecular weight is 243 g/mol. The van der Waals surface area contributed by atoms with Crippen molar-refractivity contribution in [2.75, 3.05) is 6.54 Å². The summed E-state index contributed by atoms with van der Waals surface area (Å²) in [5, 5.41) is 9.17. The molecule has 1 fully saturated rings. The number of hydrogen-bond donors (Lipinski definition) is 3. The lowest BCUT2D eigenvalue weighted by molar-refractivity contribution is -0.140. The Balaban J connectivity index is 2.17. The lowest BCUT2D eigenvalue weighted by Crippen LogP contribution is -2.33. The van der Waals surface area contributed by atoms with Crippen molar-refractivity contribution in [3.8, 4) is 0 Å². The van der Waals surface area contributed by atoms with Crippen molar-refractivity contribution in [2.45, 2.75) is 38.2 Å². The lowest BCUT2D eigenvalue weighted by atomic mass is 10.2. The second-order valence-corrected chi connectivity index (χ2v) is 3.98. The lowest BCUT2D eigenvalue weighted by Gasteiger charge is -2.13. The number of aliphatic hydroxyl groups is 1. The Hall–Kier alpha value is -1.47. The summed E-state index contributed by atoms with van der Waals surface area (Å²) in [7, 11) is 0. The number of hydrazine groups is 1. The molecule has 1 heterocycles. The maximum atomic E-state index is 11.3. The van der Waals surface area contributed by atoms with Crippen molar-refractivity contribution in [2.24, 2.45) is 5.84 Å². The fourth-order valence-electron chi connectivity index (χ4n) is 1.71. The van der Waals surface area contributed by atoms with Gasteiger partial charge in [0.15, 0.2) is 0 Å². The van der Waals surface area contributed by atoms with E-state index in [4.69, 9.17) is 10.9 Å². The first-order valence-corrected chi connectivity index (χ1v) is 5.58. The van der Waals surface area contributed by atoms with Crippen LogP contribution in [0.2, 0.25) is 0 Å². The average Bonchev–Trinajstić information content (AvgIpc) is 2.54. The van der Waals surface area contributed by atoms with Gasteiger partial charge in [-0.1, -0.05) is 6.42 Å². The van der Waals surface area contributed by atoms with Crippen LogP contribution in [0.15, 0.2) is 0 Å². The van der Waals surface area contributed by atoms with Crippen LogP contribution in [0.25, 0.3) is 0 Å². The summed E-state index contributed by atoms with van der Waals surface area (Å²) >= 11 is 0. The molecule has 0 spiro atoms. The van der Waals surface area contributed by atoms with E-state index in [0.29, 0.717) is 25.8 Å². The maximum absolute atomic E-state index is 11.3. The SMILES string of the molecule is NNC(=O)CCCCCN1C(=O)CC(O)C1=O. The summed E-state index contributed by atoms with van der Waals surface area (Å²) in [4.78, 5) is 34.5. The Bertz CT molecular complexity index is 319. The minimum atomic E-state index is -1.18. The first-order chi connectivity index (χ1) is 8.06. The van der Waals surface area contributed by atoms with E-state index in [9.17, 15) is 14.4 Å². The number of likely N-dealkylation sites (tertiary alicyclic amines) is 1. The predicted octanol–water partition coefficient (Wildman–Crippen LogP) is -1.34. The molecule has 1 aliphatic rings. The molecule has 96 valence electrons. The molecular formula is C10H17N3O4. The summed E-state index contributed by atoms with van der Waals surface area (Å²) in [6, 6.07) is 0. The van der Waals surface area contributed by atoms with Crippen molar-refractivity contribution < 1.29 is 19.5 Å². The largest absolute Gasteiger partial charge is 0.383 e. The zero-order chi connectivity index (χ0) is 12.8. The third kappa shape index (κ3) is 3.79. The van der Waals surface area contributed by atoms with Crippen LogP contribution in [0.5, 0.6) is 0 Å². The van der Waals surface area contributed by atoms with Gasteiger partial charge in [-0.3, -0.25) is 24.7 Å². The van der Waals surface area contributed by atoms with E-state index in [1.54, 1.807) is 0 Å². The van der Waals surface area contributed by atoms with Crippen LogP contribution < -0.4 is 11.3 Å². The minimum absolute atomic E-state index is 0.117. The van der Waals surface area contributed by atoms with Crippen LogP contribution in [0.4, 0.5) is 0 Å². The molecule has 1 aliphatic heterocycles. The van der Waals surface area contributed by atoms with Crippen LogP contribution in [-0.2, 0) is 14.4 Å². The van der Waals surface area contributed by atoms with Crippen molar-refractivity contribution >= 4 is 17.7 Å². The number of imide groups is 1. The van der Waals surface area contributed by atoms with Crippen LogP contribution in [0.1, 0.15) is 32.1 Å². The van der Waals surface area contributed by atoms with E-state index in [0.717, 1.165) is 11.3 Å². The van der Waals surface area contributed by atoms with Gasteiger partial charge in [0, 0.05) is 13.0 Å². The second kappa shape index (κ2) is 6.31. The van der Waals surface area contributed by atoms with Gasteiger partial charge in [-0.25, -0.2) is 5.84 Å². The van der Waals surface area contributed by atoms with Gasteiger partial charge in [-0.05, 0) is 12.8 Å². The molecule has 0 aromatic carbocycles. The minimum Gasteiger partial charge on any atom is -0.383 e. The third-order valence-corrected chi connectivity index (χ3v) is 2.67. The van der Waals surface area contributed by atoms with E-state index in [2.05, 4.69) is 0 Å². The van der Waals surface area contributed by atoms with Gasteiger partial charge >= 0.3 is 0 Å². The quantitative estimate of drug-likeness (QED) is 0.176. The standard InChI is InChI=1S/C10H17N3O4/c11-12-8(15)4-2-1-3-5-13-9(16)6-7(14)10(13)17/h7,14H,1-6,11H2,(H,12,15). The monoisotopic (exact) mass is 243 g/mol. The molecule has 0 radical (unpaired) electrons. The Morgan fingerprint density at radius 2 is 2.12 bits per heavy atom. The molecule has 7 heteroatoms. The number of unbranched alkanes of at least 4 members (excludes halogenated alkanes) is 2. The smallest absolute Gasteiger partial charge is 0.258 e. The second-order valence-electron chi connectivity index (χ2n) is 3.98. The number of nitrogens with one attached hydrogen (secondary N) is 1. The van der Waals surface area contributed by atoms with Crippen molar-refractivity contribution in [3.63, 3.8) is 0 Å². The van der Waals surface area contributed by atoms with Gasteiger partial charge in [0.1, 0.15) is 6.10 Å². The number of rotatable bonds is 6. The van der Waals surface area contributed by atoms with Gasteiger partial charge in [-0.2, -0.15) is 0 Å². The highest BCUT2D eigenvalue weighted by Gasteiger charge is 2.36. The van der Waals surface area contributed by atoms with Crippen LogP contribution in [0.3, 0.4) is 0 Å². The molecule has 0 aliphatic carbocycles. The highest BCUT2D eigenvalue weighted by atomic mass is 16.3. The van der Waals surface area contributed by atoms with E-state index in [1.807, 2.05) is 5.43 Å². The molecule has 3 amide bonds. The number of nitrogens with two attached hydrogens (primary N) is 1. The van der Waals surface area contributed by atoms with Crippen molar-refractivity contribution in [1.82, 2.24) is 10.3 Å². The highest BCUT2D eigenvalue weighted by molar-refractivity contribution is 6.04. The van der Waals surface area contributed by atoms with Crippen molar-refractivity contribution in [1.29, 1.82) is 0 Å². The molecule has 7 nitrogen and oxygen atoms in total. The fraction of sp³-hybridized carbons (Fsp3) is 0.700. The topological polar surface area (TPSA) is 113 Å². The van der Waals surface area contributed by atoms with Gasteiger partial charge in [-0.15, -0.1) is 0 Å². The van der Waals surface area contributed by atoms with Gasteiger partial charge in [0.05, 0.1) is 6.42 Å². The van der Waals surface area contributed by atoms with Gasteiger partial charge < -0.3 is 5.11 Å². The van der Waals surface area contributed by atoms with Crippen LogP contribution in [-0.4, -0.2) is 40.4 Å². The Labute approximate surface area is 98.9 Å². The van der Waals surface area contributed by atoms with E-state index in [1.165, 1.54) is 0 Å². The number of nitrogens with zero attached hydrogens (tertiary/aromatic N) is 1. The first-order valence-electron chi connectivity index (χ1n) is 5.58. The molecule has 0 saturated carbocycles. The number of carbonyl (C=O) groups excluding carboxylic acids is 3. The molecule has 17 heavy (non-hydrogen) atoms. The molecule has 1 atom stereocenters. The van der Waals surface area contributed by atoms with Gasteiger partial charge in [0.2, 0.25) is 11.8 Å². The summed E-state index contributed by atoms with van der Waals surface area (Å²) in [5.41, 5.74) is 2.03. The van der Waals surface area contributed by atoms with Crippen molar-refractivity contribution in [3.05, 3.63) is 0 Å². The van der Waals surface area contributed by atoms with Crippen LogP contribution in [0, 0.1) is 0 Å². The van der Waals surface area contributed by atoms with Crippen LogP contribution >= 0.6 is 0 Å². The predicted molar refractivity (Wildman–Crippen MR) is 58.1 cm³/mol. The van der Waals surface area contributed by atoms with E-state index in [-0.39, 0.29) is 18.2 Å². The summed E-state index contributed by atoms with van der Waals surface area (Å²) in [5.74, 6) is 3.84. The summed E-state index contributed by atoms with van der Waals surface area (Å²) < 4.78 is 0. The number of carbonyl (C=O) groups is 3. The van der Waals surface area contributed by atoms with Gasteiger partial charge in [0.25, 0.3) is 5.91 Å². The highest BCUT2D eigenvalue weighted by Crippen LogP contribution is 2.14. The normalized spacial score (nSPS) is 19.9. The fourth-order valence-corrected chi connectivity index (χ4v) is 1.71. The molecule has 1 rings (SSSR count). The summed E-state index contributed by atoms with van der Waals surface area (Å²) in [6.45, 7) is 0.305. The molecule has 0 aromatic rings. The van der Waals surface area contributed by atoms with E-state index < -0.39 is 12.0 Å². The number of hydrogen-bond acceptors (Lipinski definition) is 5. The first kappa shape index (κ1) is 13.6. The Morgan fingerprint density at radius 3 is 2.65 bits per heavy atom. The molecule has 1 saturated heterocycles. The van der Waals surface area contributed by atoms with E-state index >= 15 is 0 Å². The molecular weight excluding hydrogens is 226 g/mol. The molecule has 0 aromatic heterocycles. The summed E-state index contributed by atoms with van der Waals surface area (Å²) in [6.07, 6.45) is 1.05. The maximum Gasteiger partial charge on any atom is 0.258 e. The zero-order valence-electron chi connectivity index (χ0n) is 9.52. The third-order valence-electron chi connectivity index (χ3n) is 2.67. The molecule has 0 bridgehead atoms.